The lowest BCUT2D eigenvalue weighted by atomic mass is 10.3. The van der Waals surface area contributed by atoms with Crippen LogP contribution in [0, 0.1) is 6.57 Å². The van der Waals surface area contributed by atoms with E-state index in [0.717, 1.165) is 21.4 Å². The molecule has 2 rings (SSSR count). The van der Waals surface area contributed by atoms with Gasteiger partial charge in [-0.3, -0.25) is 0 Å². The van der Waals surface area contributed by atoms with E-state index in [1.807, 2.05) is 12.1 Å². The van der Waals surface area contributed by atoms with Gasteiger partial charge in [0, 0.05) is 4.47 Å². The van der Waals surface area contributed by atoms with Crippen molar-refractivity contribution in [2.45, 2.75) is 6.42 Å². The molecule has 2 aromatic rings. The molecule has 1 aromatic heterocycles. The van der Waals surface area contributed by atoms with E-state index in [0.29, 0.717) is 6.54 Å². The van der Waals surface area contributed by atoms with E-state index in [1.54, 1.807) is 11.3 Å². The predicted octanol–water partition coefficient (Wildman–Crippen LogP) is 3.52. The lowest BCUT2D eigenvalue weighted by molar-refractivity contribution is 1.06. The second-order valence-corrected chi connectivity index (χ2v) is 4.80. The van der Waals surface area contributed by atoms with E-state index >= 15 is 0 Å². The Kier molecular flexibility index (Phi) is 2.80. The molecule has 0 N–H and O–H groups in total. The first kappa shape index (κ1) is 9.63. The second kappa shape index (κ2) is 4.07. The summed E-state index contributed by atoms with van der Waals surface area (Å²) in [7, 11) is 0. The molecule has 0 radical (unpaired) electrons. The van der Waals surface area contributed by atoms with Gasteiger partial charge in [-0.25, -0.2) is 11.6 Å². The van der Waals surface area contributed by atoms with Gasteiger partial charge in [0.1, 0.15) is 5.01 Å². The Morgan fingerprint density at radius 3 is 3.07 bits per heavy atom. The molecule has 14 heavy (non-hydrogen) atoms. The van der Waals surface area contributed by atoms with Crippen molar-refractivity contribution in [3.05, 3.63) is 39.1 Å². The Hall–Kier alpha value is -0.920. The summed E-state index contributed by atoms with van der Waals surface area (Å²) in [5, 5.41) is 1.04. The maximum atomic E-state index is 6.72. The monoisotopic (exact) mass is 266 g/mol. The molecule has 0 aliphatic carbocycles. The number of aromatic nitrogens is 1. The fourth-order valence-electron chi connectivity index (χ4n) is 1.22. The largest absolute Gasteiger partial charge is 0.316 e. The highest BCUT2D eigenvalue weighted by Gasteiger charge is 2.06. The molecule has 0 saturated carbocycles. The Balaban J connectivity index is 2.42. The van der Waals surface area contributed by atoms with Crippen LogP contribution in [0.2, 0.25) is 0 Å². The number of nitrogens with zero attached hydrogens (tertiary/aromatic N) is 2. The van der Waals surface area contributed by atoms with Crippen LogP contribution in [0.5, 0.6) is 0 Å². The summed E-state index contributed by atoms with van der Waals surface area (Å²) >= 11 is 5.13. The summed E-state index contributed by atoms with van der Waals surface area (Å²) in [6, 6.07) is 6.04. The van der Waals surface area contributed by atoms with Crippen LogP contribution in [-0.4, -0.2) is 11.5 Å². The summed E-state index contributed by atoms with van der Waals surface area (Å²) in [5.74, 6) is 0. The molecule has 0 atom stereocenters. The third kappa shape index (κ3) is 1.79. The van der Waals surface area contributed by atoms with E-state index < -0.39 is 0 Å². The topological polar surface area (TPSA) is 17.2 Å². The van der Waals surface area contributed by atoms with Gasteiger partial charge >= 0.3 is 0 Å². The molecule has 0 spiro atoms. The van der Waals surface area contributed by atoms with Gasteiger partial charge in [0.15, 0.2) is 0 Å². The Bertz CT molecular complexity index is 498. The second-order valence-electron chi connectivity index (χ2n) is 2.83. The maximum absolute atomic E-state index is 6.72. The van der Waals surface area contributed by atoms with Gasteiger partial charge in [-0.05, 0) is 28.1 Å². The number of hydrogen-bond acceptors (Lipinski definition) is 2. The van der Waals surface area contributed by atoms with E-state index in [2.05, 4.69) is 31.8 Å². The van der Waals surface area contributed by atoms with Gasteiger partial charge in [-0.2, -0.15) is 0 Å². The first-order valence-corrected chi connectivity index (χ1v) is 5.79. The fourth-order valence-corrected chi connectivity index (χ4v) is 2.79. The minimum Gasteiger partial charge on any atom is -0.316 e. The van der Waals surface area contributed by atoms with Gasteiger partial charge in [0.05, 0.1) is 16.6 Å². The number of halogens is 1. The van der Waals surface area contributed by atoms with Gasteiger partial charge in [0.2, 0.25) is 6.54 Å². The van der Waals surface area contributed by atoms with E-state index in [9.17, 15) is 0 Å². The molecule has 0 aliphatic heterocycles. The number of hydrogen-bond donors (Lipinski definition) is 0. The van der Waals surface area contributed by atoms with Gasteiger partial charge in [-0.1, -0.05) is 6.07 Å². The summed E-state index contributed by atoms with van der Waals surface area (Å²) in [6.07, 6.45) is 0.759. The summed E-state index contributed by atoms with van der Waals surface area (Å²) in [6.45, 7) is 7.25. The summed E-state index contributed by atoms with van der Waals surface area (Å²) in [5.41, 5.74) is 1.01. The van der Waals surface area contributed by atoms with Crippen molar-refractivity contribution in [1.82, 2.24) is 4.98 Å². The van der Waals surface area contributed by atoms with Crippen LogP contribution < -0.4 is 0 Å². The molecular formula is C10H7BrN2S. The van der Waals surface area contributed by atoms with Gasteiger partial charge in [-0.15, -0.1) is 11.3 Å². The van der Waals surface area contributed by atoms with Crippen molar-refractivity contribution in [3.63, 3.8) is 0 Å². The first-order chi connectivity index (χ1) is 6.81. The highest BCUT2D eigenvalue weighted by atomic mass is 79.9. The number of fused-ring (bicyclic) bond motifs is 1. The number of benzene rings is 1. The third-order valence-corrected chi connectivity index (χ3v) is 3.57. The Morgan fingerprint density at radius 1 is 1.50 bits per heavy atom. The highest BCUT2D eigenvalue weighted by molar-refractivity contribution is 9.10. The standard InChI is InChI=1S/C10H7BrN2S/c1-12-6-5-9-13-10-7(11)3-2-4-8(10)14-9/h2-4H,5-6H2. The zero-order valence-electron chi connectivity index (χ0n) is 7.33. The van der Waals surface area contributed by atoms with Gasteiger partial charge < -0.3 is 4.85 Å². The molecule has 0 saturated heterocycles. The molecular weight excluding hydrogens is 260 g/mol. The molecule has 70 valence electrons. The molecule has 0 fully saturated rings. The minimum atomic E-state index is 0.525. The zero-order chi connectivity index (χ0) is 9.97. The Labute approximate surface area is 94.5 Å². The van der Waals surface area contributed by atoms with Crippen molar-refractivity contribution in [2.24, 2.45) is 0 Å². The van der Waals surface area contributed by atoms with Crippen LogP contribution in [0.15, 0.2) is 22.7 Å². The van der Waals surface area contributed by atoms with E-state index in [-0.39, 0.29) is 0 Å². The maximum Gasteiger partial charge on any atom is 0.221 e. The lowest BCUT2D eigenvalue weighted by Crippen LogP contribution is -1.84. The quantitative estimate of drug-likeness (QED) is 0.761. The van der Waals surface area contributed by atoms with Crippen LogP contribution >= 0.6 is 27.3 Å². The van der Waals surface area contributed by atoms with Crippen molar-refractivity contribution >= 4 is 37.5 Å². The smallest absolute Gasteiger partial charge is 0.221 e. The lowest BCUT2D eigenvalue weighted by Gasteiger charge is -1.88. The number of thiazole rings is 1. The van der Waals surface area contributed by atoms with Crippen LogP contribution in [-0.2, 0) is 6.42 Å². The van der Waals surface area contributed by atoms with Crippen LogP contribution in [0.3, 0.4) is 0 Å². The summed E-state index contributed by atoms with van der Waals surface area (Å²) in [4.78, 5) is 7.81. The van der Waals surface area contributed by atoms with E-state index in [1.165, 1.54) is 4.70 Å². The molecule has 0 bridgehead atoms. The molecule has 0 unspecified atom stereocenters. The van der Waals surface area contributed by atoms with Crippen LogP contribution in [0.4, 0.5) is 0 Å². The average Bonchev–Trinajstić information content (AvgIpc) is 2.59. The van der Waals surface area contributed by atoms with E-state index in [4.69, 9.17) is 6.57 Å². The molecule has 0 amide bonds. The van der Waals surface area contributed by atoms with Crippen LogP contribution in [0.1, 0.15) is 5.01 Å². The van der Waals surface area contributed by atoms with Crippen molar-refractivity contribution < 1.29 is 0 Å². The average molecular weight is 267 g/mol. The molecule has 1 heterocycles. The summed E-state index contributed by atoms with van der Waals surface area (Å²) < 4.78 is 2.21. The van der Waals surface area contributed by atoms with Crippen molar-refractivity contribution in [2.75, 3.05) is 6.54 Å². The third-order valence-electron chi connectivity index (χ3n) is 1.85. The normalized spacial score (nSPS) is 10.3. The highest BCUT2D eigenvalue weighted by Crippen LogP contribution is 2.28. The molecule has 2 nitrogen and oxygen atoms in total. The minimum absolute atomic E-state index is 0.525. The fraction of sp³-hybridized carbons (Fsp3) is 0.200. The first-order valence-electron chi connectivity index (χ1n) is 4.18. The van der Waals surface area contributed by atoms with Gasteiger partial charge in [0.25, 0.3) is 0 Å². The Morgan fingerprint density at radius 2 is 2.36 bits per heavy atom. The number of para-hydroxylation sites is 1. The zero-order valence-corrected chi connectivity index (χ0v) is 9.73. The van der Waals surface area contributed by atoms with Crippen molar-refractivity contribution in [3.8, 4) is 0 Å². The van der Waals surface area contributed by atoms with Crippen molar-refractivity contribution in [1.29, 1.82) is 0 Å². The molecule has 4 heteroatoms. The molecule has 1 aromatic carbocycles. The predicted molar refractivity (Wildman–Crippen MR) is 62.5 cm³/mol. The molecule has 0 aliphatic rings. The SMILES string of the molecule is [C-]#[N+]CCc1nc2c(Br)cccc2s1. The number of rotatable bonds is 2. The van der Waals surface area contributed by atoms with Crippen LogP contribution in [0.25, 0.3) is 15.1 Å².